The van der Waals surface area contributed by atoms with E-state index in [1.807, 2.05) is 6.92 Å². The van der Waals surface area contributed by atoms with Gasteiger partial charge in [0.15, 0.2) is 0 Å². The SMILES string of the molecule is CC(CO)CNc1ccc(N)cc1C#N. The maximum atomic E-state index is 8.87. The first-order chi connectivity index (χ1) is 7.17. The van der Waals surface area contributed by atoms with Gasteiger partial charge < -0.3 is 16.2 Å². The summed E-state index contributed by atoms with van der Waals surface area (Å²) < 4.78 is 0. The van der Waals surface area contributed by atoms with Crippen LogP contribution in [0.25, 0.3) is 0 Å². The van der Waals surface area contributed by atoms with Gasteiger partial charge in [-0.2, -0.15) is 5.26 Å². The van der Waals surface area contributed by atoms with Crippen molar-refractivity contribution in [3.63, 3.8) is 0 Å². The number of benzene rings is 1. The fraction of sp³-hybridized carbons (Fsp3) is 0.364. The molecule has 1 unspecified atom stereocenters. The standard InChI is InChI=1S/C11H15N3O/c1-8(7-15)6-14-11-3-2-10(13)4-9(11)5-12/h2-4,8,14-15H,6-7,13H2,1H3. The Bertz CT molecular complexity index is 371. The molecule has 0 spiro atoms. The fourth-order valence-electron chi connectivity index (χ4n) is 1.16. The van der Waals surface area contributed by atoms with Gasteiger partial charge in [0.05, 0.1) is 11.3 Å². The number of hydrogen-bond donors (Lipinski definition) is 3. The van der Waals surface area contributed by atoms with Crippen molar-refractivity contribution in [1.29, 1.82) is 5.26 Å². The van der Waals surface area contributed by atoms with Gasteiger partial charge in [-0.15, -0.1) is 0 Å². The van der Waals surface area contributed by atoms with Crippen molar-refractivity contribution in [3.8, 4) is 6.07 Å². The Morgan fingerprint density at radius 1 is 1.60 bits per heavy atom. The van der Waals surface area contributed by atoms with Crippen molar-refractivity contribution >= 4 is 11.4 Å². The van der Waals surface area contributed by atoms with Crippen molar-refractivity contribution in [2.45, 2.75) is 6.92 Å². The predicted molar refractivity (Wildman–Crippen MR) is 60.3 cm³/mol. The summed E-state index contributed by atoms with van der Waals surface area (Å²) in [5.74, 6) is 0.161. The Balaban J connectivity index is 2.73. The monoisotopic (exact) mass is 205 g/mol. The van der Waals surface area contributed by atoms with Crippen LogP contribution < -0.4 is 11.1 Å². The van der Waals surface area contributed by atoms with E-state index in [1.165, 1.54) is 0 Å². The summed E-state index contributed by atoms with van der Waals surface area (Å²) in [5.41, 5.74) is 7.43. The van der Waals surface area contributed by atoms with Crippen LogP contribution in [-0.2, 0) is 0 Å². The molecule has 4 heteroatoms. The number of anilines is 2. The smallest absolute Gasteiger partial charge is 0.101 e. The summed E-state index contributed by atoms with van der Waals surface area (Å²) in [7, 11) is 0. The first-order valence-corrected chi connectivity index (χ1v) is 4.81. The number of rotatable bonds is 4. The average Bonchev–Trinajstić information content (AvgIpc) is 2.26. The van der Waals surface area contributed by atoms with E-state index < -0.39 is 0 Å². The Morgan fingerprint density at radius 2 is 2.33 bits per heavy atom. The molecule has 0 heterocycles. The zero-order chi connectivity index (χ0) is 11.3. The molecule has 0 aliphatic carbocycles. The van der Waals surface area contributed by atoms with Crippen LogP contribution in [-0.4, -0.2) is 18.3 Å². The van der Waals surface area contributed by atoms with E-state index in [4.69, 9.17) is 16.1 Å². The van der Waals surface area contributed by atoms with Crippen LogP contribution in [0.5, 0.6) is 0 Å². The first kappa shape index (κ1) is 11.3. The molecule has 80 valence electrons. The molecule has 0 amide bonds. The number of nitrogens with two attached hydrogens (primary N) is 1. The van der Waals surface area contributed by atoms with E-state index in [9.17, 15) is 0 Å². The lowest BCUT2D eigenvalue weighted by atomic mass is 10.1. The van der Waals surface area contributed by atoms with Crippen LogP contribution in [0.2, 0.25) is 0 Å². The fourth-order valence-corrected chi connectivity index (χ4v) is 1.16. The maximum Gasteiger partial charge on any atom is 0.101 e. The van der Waals surface area contributed by atoms with Crippen LogP contribution in [0.1, 0.15) is 12.5 Å². The summed E-state index contributed by atoms with van der Waals surface area (Å²) in [6.07, 6.45) is 0. The van der Waals surface area contributed by atoms with Gasteiger partial charge in [0.2, 0.25) is 0 Å². The van der Waals surface area contributed by atoms with Crippen molar-refractivity contribution in [3.05, 3.63) is 23.8 Å². The third-order valence-corrected chi connectivity index (χ3v) is 2.12. The molecule has 0 aliphatic rings. The number of nitriles is 1. The summed E-state index contributed by atoms with van der Waals surface area (Å²) in [5, 5.41) is 20.8. The van der Waals surface area contributed by atoms with Crippen LogP contribution in [0.4, 0.5) is 11.4 Å². The third kappa shape index (κ3) is 3.15. The molecule has 0 fully saturated rings. The van der Waals surface area contributed by atoms with Gasteiger partial charge in [-0.05, 0) is 24.1 Å². The summed E-state index contributed by atoms with van der Waals surface area (Å²) in [4.78, 5) is 0. The van der Waals surface area contributed by atoms with Crippen molar-refractivity contribution in [2.75, 3.05) is 24.2 Å². The molecule has 0 bridgehead atoms. The number of hydrogen-bond acceptors (Lipinski definition) is 4. The van der Waals surface area contributed by atoms with E-state index >= 15 is 0 Å². The van der Waals surface area contributed by atoms with Crippen molar-refractivity contribution < 1.29 is 5.11 Å². The van der Waals surface area contributed by atoms with Gasteiger partial charge in [-0.25, -0.2) is 0 Å². The highest BCUT2D eigenvalue weighted by Gasteiger charge is 2.04. The molecule has 0 aromatic heterocycles. The lowest BCUT2D eigenvalue weighted by Crippen LogP contribution is -2.15. The molecule has 0 saturated carbocycles. The normalized spacial score (nSPS) is 11.8. The molecule has 1 rings (SSSR count). The minimum Gasteiger partial charge on any atom is -0.399 e. The molecule has 1 aromatic carbocycles. The summed E-state index contributed by atoms with van der Waals surface area (Å²) in [6, 6.07) is 7.22. The Labute approximate surface area is 89.3 Å². The zero-order valence-electron chi connectivity index (χ0n) is 8.70. The highest BCUT2D eigenvalue weighted by atomic mass is 16.3. The molecule has 0 saturated heterocycles. The van der Waals surface area contributed by atoms with Crippen LogP contribution >= 0.6 is 0 Å². The van der Waals surface area contributed by atoms with E-state index in [1.54, 1.807) is 18.2 Å². The molecular weight excluding hydrogens is 190 g/mol. The minimum atomic E-state index is 0.129. The van der Waals surface area contributed by atoms with Gasteiger partial charge in [0, 0.05) is 18.8 Å². The summed E-state index contributed by atoms with van der Waals surface area (Å²) in [6.45, 7) is 2.69. The third-order valence-electron chi connectivity index (χ3n) is 2.12. The van der Waals surface area contributed by atoms with Gasteiger partial charge in [-0.1, -0.05) is 6.92 Å². The number of nitrogens with one attached hydrogen (secondary N) is 1. The highest BCUT2D eigenvalue weighted by Crippen LogP contribution is 2.18. The predicted octanol–water partition coefficient (Wildman–Crippen LogP) is 1.18. The first-order valence-electron chi connectivity index (χ1n) is 4.81. The molecule has 4 N–H and O–H groups in total. The molecular formula is C11H15N3O. The molecule has 0 aliphatic heterocycles. The van der Waals surface area contributed by atoms with Crippen LogP contribution in [0.15, 0.2) is 18.2 Å². The lowest BCUT2D eigenvalue weighted by molar-refractivity contribution is 0.244. The number of nitrogen functional groups attached to an aromatic ring is 1. The van der Waals surface area contributed by atoms with E-state index in [0.29, 0.717) is 17.8 Å². The Morgan fingerprint density at radius 3 is 2.93 bits per heavy atom. The quantitative estimate of drug-likeness (QED) is 0.645. The molecule has 0 radical (unpaired) electrons. The highest BCUT2D eigenvalue weighted by molar-refractivity contribution is 5.62. The minimum absolute atomic E-state index is 0.129. The largest absolute Gasteiger partial charge is 0.399 e. The van der Waals surface area contributed by atoms with Gasteiger partial charge in [0.1, 0.15) is 6.07 Å². The topological polar surface area (TPSA) is 82.1 Å². The second kappa shape index (κ2) is 5.23. The van der Waals surface area contributed by atoms with E-state index in [0.717, 1.165) is 5.69 Å². The van der Waals surface area contributed by atoms with Crippen molar-refractivity contribution in [2.24, 2.45) is 5.92 Å². The van der Waals surface area contributed by atoms with Gasteiger partial charge in [-0.3, -0.25) is 0 Å². The van der Waals surface area contributed by atoms with Crippen LogP contribution in [0, 0.1) is 17.2 Å². The number of nitrogens with zero attached hydrogens (tertiary/aromatic N) is 1. The molecule has 15 heavy (non-hydrogen) atoms. The molecule has 1 atom stereocenters. The van der Waals surface area contributed by atoms with E-state index in [2.05, 4.69) is 11.4 Å². The van der Waals surface area contributed by atoms with Gasteiger partial charge >= 0.3 is 0 Å². The average molecular weight is 205 g/mol. The summed E-state index contributed by atoms with van der Waals surface area (Å²) >= 11 is 0. The number of aliphatic hydroxyl groups excluding tert-OH is 1. The second-order valence-electron chi connectivity index (χ2n) is 3.59. The van der Waals surface area contributed by atoms with Crippen LogP contribution in [0.3, 0.4) is 0 Å². The van der Waals surface area contributed by atoms with Crippen molar-refractivity contribution in [1.82, 2.24) is 0 Å². The van der Waals surface area contributed by atoms with Gasteiger partial charge in [0.25, 0.3) is 0 Å². The Kier molecular flexibility index (Phi) is 3.95. The maximum absolute atomic E-state index is 8.87. The lowest BCUT2D eigenvalue weighted by Gasteiger charge is -2.12. The Hall–Kier alpha value is -1.73. The molecule has 4 nitrogen and oxygen atoms in total. The zero-order valence-corrected chi connectivity index (χ0v) is 8.70. The van der Waals surface area contributed by atoms with E-state index in [-0.39, 0.29) is 12.5 Å². The number of aliphatic hydroxyl groups is 1. The molecule has 1 aromatic rings. The second-order valence-corrected chi connectivity index (χ2v) is 3.59.